The lowest BCUT2D eigenvalue weighted by molar-refractivity contribution is -0.150. The van der Waals surface area contributed by atoms with E-state index in [4.69, 9.17) is 33.2 Å². The molecule has 1 aliphatic rings. The fraction of sp³-hybridized carbons (Fsp3) is 0.310. The van der Waals surface area contributed by atoms with E-state index >= 15 is 0 Å². The number of carbonyl (C=O) groups excluding carboxylic acids is 2. The van der Waals surface area contributed by atoms with Crippen LogP contribution < -0.4 is 34.9 Å². The number of esters is 1. The largest absolute Gasteiger partial charge is 0.496 e. The molecule has 13 nitrogen and oxygen atoms in total. The second kappa shape index (κ2) is 13.1. The van der Waals surface area contributed by atoms with Crippen molar-refractivity contribution in [2.24, 2.45) is 0 Å². The molecule has 3 aromatic rings. The zero-order valence-corrected chi connectivity index (χ0v) is 23.6. The molecule has 0 bridgehead atoms. The zero-order chi connectivity index (χ0) is 30.4. The van der Waals surface area contributed by atoms with Gasteiger partial charge in [-0.2, -0.15) is 0 Å². The quantitative estimate of drug-likeness (QED) is 0.190. The van der Waals surface area contributed by atoms with Gasteiger partial charge >= 0.3 is 11.7 Å². The minimum atomic E-state index is -0.762. The first-order valence-corrected chi connectivity index (χ1v) is 12.7. The second-order valence-corrected chi connectivity index (χ2v) is 9.00. The Morgan fingerprint density at radius 1 is 0.881 bits per heavy atom. The number of carbonyl (C=O) groups is 2. The molecule has 0 radical (unpaired) electrons. The first-order valence-electron chi connectivity index (χ1n) is 12.7. The molecule has 13 heteroatoms. The highest BCUT2D eigenvalue weighted by Crippen LogP contribution is 2.37. The molecule has 0 saturated heterocycles. The number of hydrogen-bond acceptors (Lipinski definition) is 11. The molecule has 0 aliphatic carbocycles. The summed E-state index contributed by atoms with van der Waals surface area (Å²) in [7, 11) is 5.79. The summed E-state index contributed by atoms with van der Waals surface area (Å²) in [6.45, 7) is 0.952. The average molecular weight is 583 g/mol. The standard InChI is InChI=1S/C29H30N2O11/c1-16-13-31(29(35)30-28(16)34)25-9-7-18(42-25)14-41-26(32)15-40-24-10-17(6-8-20(24)36-2)27(33)19-11-22(38-4)23(39-5)12-21(19)37-3/h6-13,18,25H,14-15H2,1-5H3,(H,30,34,35)/t18-,25+/m0/s1. The molecule has 42 heavy (non-hydrogen) atoms. The van der Waals surface area contributed by atoms with Gasteiger partial charge in [-0.25, -0.2) is 9.59 Å². The molecule has 222 valence electrons. The van der Waals surface area contributed by atoms with Crippen LogP contribution in [0.5, 0.6) is 28.7 Å². The Balaban J connectivity index is 1.39. The molecule has 0 fully saturated rings. The van der Waals surface area contributed by atoms with E-state index in [1.165, 1.54) is 51.3 Å². The molecular formula is C29H30N2O11. The van der Waals surface area contributed by atoms with Gasteiger partial charge in [-0.3, -0.25) is 19.1 Å². The van der Waals surface area contributed by atoms with E-state index in [1.54, 1.807) is 37.3 Å². The predicted octanol–water partition coefficient (Wildman–Crippen LogP) is 2.19. The van der Waals surface area contributed by atoms with Crippen molar-refractivity contribution in [3.05, 3.63) is 86.2 Å². The number of rotatable bonds is 12. The average Bonchev–Trinajstić information content (AvgIpc) is 3.48. The van der Waals surface area contributed by atoms with Crippen molar-refractivity contribution in [3.63, 3.8) is 0 Å². The van der Waals surface area contributed by atoms with E-state index < -0.39 is 36.2 Å². The number of methoxy groups -OCH3 is 4. The van der Waals surface area contributed by atoms with E-state index in [0.717, 1.165) is 0 Å². The maximum absolute atomic E-state index is 13.4. The highest BCUT2D eigenvalue weighted by molar-refractivity contribution is 6.11. The molecular weight excluding hydrogens is 552 g/mol. The lowest BCUT2D eigenvalue weighted by Gasteiger charge is -2.17. The lowest BCUT2D eigenvalue weighted by atomic mass is 10.0. The van der Waals surface area contributed by atoms with Crippen LogP contribution in [0.25, 0.3) is 0 Å². The van der Waals surface area contributed by atoms with Gasteiger partial charge in [0.15, 0.2) is 41.6 Å². The molecule has 0 spiro atoms. The van der Waals surface area contributed by atoms with Crippen molar-refractivity contribution >= 4 is 11.8 Å². The Morgan fingerprint density at radius 2 is 1.57 bits per heavy atom. The van der Waals surface area contributed by atoms with Crippen LogP contribution in [0.2, 0.25) is 0 Å². The summed E-state index contributed by atoms with van der Waals surface area (Å²) in [4.78, 5) is 51.8. The Bertz CT molecular complexity index is 1620. The molecule has 0 unspecified atom stereocenters. The number of aromatic nitrogens is 2. The number of aryl methyl sites for hydroxylation is 1. The number of H-pyrrole nitrogens is 1. The normalized spacial score (nSPS) is 15.6. The number of ketones is 1. The third-order valence-corrected chi connectivity index (χ3v) is 6.35. The van der Waals surface area contributed by atoms with Gasteiger partial charge in [-0.1, -0.05) is 6.08 Å². The summed E-state index contributed by atoms with van der Waals surface area (Å²) in [6, 6.07) is 7.61. The first-order chi connectivity index (χ1) is 20.2. The van der Waals surface area contributed by atoms with E-state index in [-0.39, 0.29) is 35.0 Å². The van der Waals surface area contributed by atoms with E-state index in [9.17, 15) is 19.2 Å². The molecule has 4 rings (SSSR count). The monoisotopic (exact) mass is 582 g/mol. The number of ether oxygens (including phenoxy) is 7. The highest BCUT2D eigenvalue weighted by Gasteiger charge is 2.24. The minimum Gasteiger partial charge on any atom is -0.496 e. The number of hydrogen-bond donors (Lipinski definition) is 1. The summed E-state index contributed by atoms with van der Waals surface area (Å²) >= 11 is 0. The number of aromatic amines is 1. The molecule has 1 N–H and O–H groups in total. The molecule has 0 amide bonds. The van der Waals surface area contributed by atoms with Crippen LogP contribution in [0.4, 0.5) is 0 Å². The molecule has 2 atom stereocenters. The topological polar surface area (TPSA) is 154 Å². The SMILES string of the molecule is COc1cc(OC)c(C(=O)c2ccc(OC)c(OCC(=O)OC[C@@H]3C=C[C@H](n4cc(C)c(=O)[nH]c4=O)O3)c2)cc1OC. The van der Waals surface area contributed by atoms with Gasteiger partial charge in [0.25, 0.3) is 5.56 Å². The minimum absolute atomic E-state index is 0.138. The fourth-order valence-corrected chi connectivity index (χ4v) is 4.16. The van der Waals surface area contributed by atoms with Crippen molar-refractivity contribution in [3.8, 4) is 28.7 Å². The second-order valence-electron chi connectivity index (χ2n) is 9.00. The van der Waals surface area contributed by atoms with Gasteiger partial charge in [-0.15, -0.1) is 0 Å². The van der Waals surface area contributed by atoms with Crippen LogP contribution in [0, 0.1) is 6.92 Å². The van der Waals surface area contributed by atoms with Gasteiger partial charge in [0.1, 0.15) is 18.5 Å². The van der Waals surface area contributed by atoms with Crippen LogP contribution >= 0.6 is 0 Å². The maximum Gasteiger partial charge on any atom is 0.344 e. The van der Waals surface area contributed by atoms with Gasteiger partial charge in [0.05, 0.1) is 34.0 Å². The fourth-order valence-electron chi connectivity index (χ4n) is 4.16. The van der Waals surface area contributed by atoms with E-state index in [0.29, 0.717) is 22.8 Å². The van der Waals surface area contributed by atoms with Gasteiger partial charge in [0.2, 0.25) is 0 Å². The Kier molecular flexibility index (Phi) is 9.32. The Hall–Kier alpha value is -5.04. The van der Waals surface area contributed by atoms with Crippen molar-refractivity contribution in [2.75, 3.05) is 41.7 Å². The first kappa shape index (κ1) is 29.9. The van der Waals surface area contributed by atoms with Gasteiger partial charge in [0, 0.05) is 23.4 Å². The molecule has 2 aromatic carbocycles. The van der Waals surface area contributed by atoms with Crippen LogP contribution in [-0.4, -0.2) is 69.1 Å². The molecule has 1 aliphatic heterocycles. The predicted molar refractivity (Wildman–Crippen MR) is 148 cm³/mol. The van der Waals surface area contributed by atoms with Crippen LogP contribution in [0.3, 0.4) is 0 Å². The van der Waals surface area contributed by atoms with Crippen molar-refractivity contribution < 1.29 is 42.7 Å². The number of nitrogens with one attached hydrogen (secondary N) is 1. The third kappa shape index (κ3) is 6.47. The van der Waals surface area contributed by atoms with Crippen molar-refractivity contribution in [1.29, 1.82) is 0 Å². The zero-order valence-electron chi connectivity index (χ0n) is 23.6. The van der Waals surface area contributed by atoms with Gasteiger partial charge in [-0.05, 0) is 37.3 Å². The summed E-state index contributed by atoms with van der Waals surface area (Å²) in [5.74, 6) is 0.382. The molecule has 2 heterocycles. The van der Waals surface area contributed by atoms with Crippen LogP contribution in [0.15, 0.2) is 58.3 Å². The highest BCUT2D eigenvalue weighted by atomic mass is 16.6. The van der Waals surface area contributed by atoms with E-state index in [1.807, 2.05) is 0 Å². The Morgan fingerprint density at radius 3 is 2.26 bits per heavy atom. The maximum atomic E-state index is 13.4. The summed E-state index contributed by atoms with van der Waals surface area (Å²) in [6.07, 6.45) is 3.28. The Labute approximate surface area is 240 Å². The summed E-state index contributed by atoms with van der Waals surface area (Å²) in [5, 5.41) is 0. The smallest absolute Gasteiger partial charge is 0.344 e. The molecule has 0 saturated carbocycles. The summed E-state index contributed by atoms with van der Waals surface area (Å²) in [5.41, 5.74) is -0.273. The third-order valence-electron chi connectivity index (χ3n) is 6.35. The van der Waals surface area contributed by atoms with Crippen LogP contribution in [0.1, 0.15) is 27.7 Å². The lowest BCUT2D eigenvalue weighted by Crippen LogP contribution is -2.33. The van der Waals surface area contributed by atoms with Crippen molar-refractivity contribution in [1.82, 2.24) is 9.55 Å². The van der Waals surface area contributed by atoms with E-state index in [2.05, 4.69) is 4.98 Å². The van der Waals surface area contributed by atoms with Crippen LogP contribution in [-0.2, 0) is 14.3 Å². The van der Waals surface area contributed by atoms with Crippen molar-refractivity contribution in [2.45, 2.75) is 19.3 Å². The van der Waals surface area contributed by atoms with Gasteiger partial charge < -0.3 is 33.2 Å². The number of nitrogens with zero attached hydrogens (tertiary/aromatic N) is 1. The molecule has 1 aromatic heterocycles. The summed E-state index contributed by atoms with van der Waals surface area (Å²) < 4.78 is 39.2. The number of benzene rings is 2.